The Morgan fingerprint density at radius 3 is 1.54 bits per heavy atom. The normalized spacial score (nSPS) is 11.6. The lowest BCUT2D eigenvalue weighted by Gasteiger charge is -2.19. The third-order valence-electron chi connectivity index (χ3n) is 5.08. The number of benzene rings is 4. The summed E-state index contributed by atoms with van der Waals surface area (Å²) in [7, 11) is -4.57. The van der Waals surface area contributed by atoms with Crippen molar-refractivity contribution in [1.82, 2.24) is 0 Å². The van der Waals surface area contributed by atoms with E-state index in [1.807, 2.05) is 0 Å². The highest BCUT2D eigenvalue weighted by atomic mass is 35.5. The molecule has 4 aromatic carbocycles. The predicted octanol–water partition coefficient (Wildman–Crippen LogP) is 7.98. The van der Waals surface area contributed by atoms with E-state index in [1.54, 1.807) is 0 Å². The summed E-state index contributed by atoms with van der Waals surface area (Å²) < 4.78 is 31.5. The Bertz CT molecular complexity index is 1310. The van der Waals surface area contributed by atoms with Crippen LogP contribution in [0.1, 0.15) is 26.3 Å². The molecule has 0 aliphatic heterocycles. The minimum atomic E-state index is -4.52. The van der Waals surface area contributed by atoms with Gasteiger partial charge in [0.15, 0.2) is 14.7 Å². The largest absolute Gasteiger partial charge is 0.744 e. The first-order valence-corrected chi connectivity index (χ1v) is 14.2. The van der Waals surface area contributed by atoms with Gasteiger partial charge in [0.25, 0.3) is 0 Å². The molecule has 0 saturated carbocycles. The molecule has 0 fully saturated rings. The molecule has 0 aliphatic carbocycles. The molecule has 0 spiro atoms. The molecule has 7 heteroatoms. The van der Waals surface area contributed by atoms with Crippen LogP contribution in [0, 0.1) is 0 Å². The predicted molar refractivity (Wildman–Crippen MR) is 145 cm³/mol. The standard InChI is InChI=1S/C22H23S.C6H4Cl2O3S/c1-22(2,3)18-14-16-21(17-15-18)23(19-10-6-4-7-11-19)20-12-8-5-9-13-20;7-4-1-2-5(8)6(3-4)12(9,10)11/h4-17H,1-3H3;1-3H,(H,9,10,11)/q+1;/p-1. The van der Waals surface area contributed by atoms with E-state index >= 15 is 0 Å². The maximum absolute atomic E-state index is 10.5. The fraction of sp³-hybridized carbons (Fsp3) is 0.143. The number of hydrogen-bond acceptors (Lipinski definition) is 3. The molecule has 0 atom stereocenters. The van der Waals surface area contributed by atoms with Gasteiger partial charge in [-0.2, -0.15) is 0 Å². The van der Waals surface area contributed by atoms with Crippen molar-refractivity contribution < 1.29 is 13.0 Å². The van der Waals surface area contributed by atoms with Crippen LogP contribution < -0.4 is 0 Å². The van der Waals surface area contributed by atoms with Crippen molar-refractivity contribution in [2.24, 2.45) is 0 Å². The lowest BCUT2D eigenvalue weighted by molar-refractivity contribution is 0.463. The molecule has 0 bridgehead atoms. The molecule has 0 heterocycles. The Balaban J connectivity index is 0.000000241. The van der Waals surface area contributed by atoms with Gasteiger partial charge in [-0.3, -0.25) is 0 Å². The minimum absolute atomic E-state index is 0.0497. The van der Waals surface area contributed by atoms with Gasteiger partial charge in [-0.05, 0) is 65.6 Å². The summed E-state index contributed by atoms with van der Waals surface area (Å²) in [6.07, 6.45) is 0. The minimum Gasteiger partial charge on any atom is -0.744 e. The van der Waals surface area contributed by atoms with Gasteiger partial charge in [0.1, 0.15) is 10.1 Å². The third-order valence-corrected chi connectivity index (χ3v) is 8.86. The van der Waals surface area contributed by atoms with E-state index in [2.05, 4.69) is 106 Å². The molecular formula is C28H26Cl2O3S2. The molecule has 4 aromatic rings. The summed E-state index contributed by atoms with van der Waals surface area (Å²) in [4.78, 5) is 3.61. The molecule has 0 amide bonds. The van der Waals surface area contributed by atoms with E-state index < -0.39 is 15.0 Å². The van der Waals surface area contributed by atoms with Crippen LogP contribution in [0.25, 0.3) is 0 Å². The zero-order valence-corrected chi connectivity index (χ0v) is 22.8. The Labute approximate surface area is 220 Å². The molecule has 0 unspecified atom stereocenters. The van der Waals surface area contributed by atoms with Gasteiger partial charge < -0.3 is 4.55 Å². The molecule has 0 radical (unpaired) electrons. The van der Waals surface area contributed by atoms with Crippen molar-refractivity contribution in [2.45, 2.75) is 45.8 Å². The Morgan fingerprint density at radius 1 is 0.686 bits per heavy atom. The van der Waals surface area contributed by atoms with Crippen molar-refractivity contribution in [1.29, 1.82) is 0 Å². The highest BCUT2D eigenvalue weighted by molar-refractivity contribution is 7.97. The highest BCUT2D eigenvalue weighted by Crippen LogP contribution is 2.32. The summed E-state index contributed by atoms with van der Waals surface area (Å²) in [6, 6.07) is 34.4. The Morgan fingerprint density at radius 2 is 1.14 bits per heavy atom. The number of rotatable bonds is 4. The van der Waals surface area contributed by atoms with Crippen LogP contribution >= 0.6 is 23.2 Å². The van der Waals surface area contributed by atoms with E-state index in [-0.39, 0.29) is 26.4 Å². The van der Waals surface area contributed by atoms with Crippen LogP contribution in [-0.2, 0) is 26.4 Å². The fourth-order valence-electron chi connectivity index (χ4n) is 3.28. The van der Waals surface area contributed by atoms with Crippen LogP contribution in [-0.4, -0.2) is 13.0 Å². The second-order valence-corrected chi connectivity index (χ2v) is 13.0. The van der Waals surface area contributed by atoms with Crippen LogP contribution in [0.15, 0.2) is 123 Å². The second kappa shape index (κ2) is 11.6. The molecule has 182 valence electrons. The van der Waals surface area contributed by atoms with Crippen molar-refractivity contribution in [2.75, 3.05) is 0 Å². The average molecular weight is 546 g/mol. The molecule has 3 nitrogen and oxygen atoms in total. The summed E-state index contributed by atoms with van der Waals surface area (Å²) in [5, 5.41) is 0.0447. The van der Waals surface area contributed by atoms with Crippen molar-refractivity contribution in [3.63, 3.8) is 0 Å². The summed E-state index contributed by atoms with van der Waals surface area (Å²) in [6.45, 7) is 6.78. The first kappa shape index (κ1) is 27.3. The first-order valence-electron chi connectivity index (χ1n) is 10.8. The maximum Gasteiger partial charge on any atom is 0.166 e. The SMILES string of the molecule is CC(C)(C)c1ccc([S+](c2ccccc2)c2ccccc2)cc1.O=S(=O)([O-])c1cc(Cl)ccc1Cl. The molecule has 4 rings (SSSR count). The zero-order valence-electron chi connectivity index (χ0n) is 19.6. The molecule has 35 heavy (non-hydrogen) atoms. The topological polar surface area (TPSA) is 57.2 Å². The quantitative estimate of drug-likeness (QED) is 0.193. The molecular weight excluding hydrogens is 519 g/mol. The summed E-state index contributed by atoms with van der Waals surface area (Å²) in [5.41, 5.74) is 1.57. The van der Waals surface area contributed by atoms with E-state index in [4.69, 9.17) is 23.2 Å². The lowest BCUT2D eigenvalue weighted by atomic mass is 9.87. The average Bonchev–Trinajstić information content (AvgIpc) is 2.82. The van der Waals surface area contributed by atoms with E-state index in [0.29, 0.717) is 0 Å². The van der Waals surface area contributed by atoms with Crippen molar-refractivity contribution >= 4 is 44.2 Å². The van der Waals surface area contributed by atoms with Gasteiger partial charge in [-0.1, -0.05) is 92.5 Å². The van der Waals surface area contributed by atoms with E-state index in [1.165, 1.54) is 32.4 Å². The van der Waals surface area contributed by atoms with Gasteiger partial charge >= 0.3 is 0 Å². The van der Waals surface area contributed by atoms with Gasteiger partial charge in [-0.25, -0.2) is 8.42 Å². The van der Waals surface area contributed by atoms with Crippen LogP contribution in [0.4, 0.5) is 0 Å². The number of halogens is 2. The Hall–Kier alpha value is -2.28. The first-order chi connectivity index (χ1) is 16.5. The van der Waals surface area contributed by atoms with Gasteiger partial charge in [-0.15, -0.1) is 0 Å². The summed E-state index contributed by atoms with van der Waals surface area (Å²) in [5.74, 6) is 0. The van der Waals surface area contributed by atoms with Gasteiger partial charge in [0.2, 0.25) is 0 Å². The van der Waals surface area contributed by atoms with Crippen LogP contribution in [0.5, 0.6) is 0 Å². The van der Waals surface area contributed by atoms with E-state index in [9.17, 15) is 13.0 Å². The highest BCUT2D eigenvalue weighted by Gasteiger charge is 2.28. The molecule has 0 N–H and O–H groups in total. The monoisotopic (exact) mass is 544 g/mol. The fourth-order valence-corrected chi connectivity index (χ4v) is 6.58. The molecule has 0 aromatic heterocycles. The van der Waals surface area contributed by atoms with Crippen LogP contribution in [0.2, 0.25) is 10.0 Å². The molecule has 0 saturated heterocycles. The van der Waals surface area contributed by atoms with Gasteiger partial charge in [0.05, 0.1) is 20.8 Å². The second-order valence-electron chi connectivity index (χ2n) is 8.74. The van der Waals surface area contributed by atoms with Crippen molar-refractivity contribution in [3.8, 4) is 0 Å². The van der Waals surface area contributed by atoms with Crippen LogP contribution in [0.3, 0.4) is 0 Å². The lowest BCUT2D eigenvalue weighted by Crippen LogP contribution is -2.11. The maximum atomic E-state index is 10.5. The third kappa shape index (κ3) is 7.60. The van der Waals surface area contributed by atoms with Gasteiger partial charge in [0, 0.05) is 5.02 Å². The Kier molecular flexibility index (Phi) is 9.08. The van der Waals surface area contributed by atoms with E-state index in [0.717, 1.165) is 6.07 Å². The number of hydrogen-bond donors (Lipinski definition) is 0. The smallest absolute Gasteiger partial charge is 0.166 e. The molecule has 0 aliphatic rings. The summed E-state index contributed by atoms with van der Waals surface area (Å²) >= 11 is 10.9. The zero-order chi connectivity index (χ0) is 25.6. The van der Waals surface area contributed by atoms with Crippen molar-refractivity contribution in [3.05, 3.63) is 119 Å².